The molecule has 0 aliphatic carbocycles. The highest BCUT2D eigenvalue weighted by Gasteiger charge is 2.30. The topological polar surface area (TPSA) is 216 Å². The number of nitrogens with zero attached hydrogens (tertiary/aromatic N) is 1. The molecule has 0 fully saturated rings. The molecule has 3 N–H and O–H groups in total. The van der Waals surface area contributed by atoms with Crippen molar-refractivity contribution < 1.29 is 66.9 Å². The molecule has 0 bridgehead atoms. The molecule has 2 atom stereocenters. The van der Waals surface area contributed by atoms with Crippen LogP contribution in [0.2, 0.25) is 0 Å². The Morgan fingerprint density at radius 2 is 0.952 bits per heavy atom. The van der Waals surface area contributed by atoms with Crippen molar-refractivity contribution in [3.8, 4) is 0 Å². The second kappa shape index (κ2) is 28.5. The van der Waals surface area contributed by atoms with Crippen LogP contribution in [0.3, 0.4) is 0 Å². The number of hydroxylamine groups is 3. The van der Waals surface area contributed by atoms with E-state index in [0.29, 0.717) is 13.0 Å². The Kier molecular flexibility index (Phi) is 26.1. The van der Waals surface area contributed by atoms with Crippen LogP contribution in [0.15, 0.2) is 60.7 Å². The first-order valence-corrected chi connectivity index (χ1v) is 21.9. The van der Waals surface area contributed by atoms with E-state index >= 15 is 0 Å². The fraction of sp³-hybridized carbons (Fsp3) is 0.591. The summed E-state index contributed by atoms with van der Waals surface area (Å²) in [7, 11) is 0. The van der Waals surface area contributed by atoms with Gasteiger partial charge in [-0.25, -0.2) is 28.8 Å². The van der Waals surface area contributed by atoms with Crippen LogP contribution < -0.4 is 16.1 Å². The number of ether oxygens (including phenoxy) is 6. The number of halogens is 1. The second-order valence-electron chi connectivity index (χ2n) is 17.5. The van der Waals surface area contributed by atoms with Gasteiger partial charge in [-0.3, -0.25) is 0 Å². The summed E-state index contributed by atoms with van der Waals surface area (Å²) < 4.78 is 31.2. The zero-order valence-electron chi connectivity index (χ0n) is 39.2. The zero-order valence-corrected chi connectivity index (χ0v) is 41.4. The van der Waals surface area contributed by atoms with Gasteiger partial charge in [-0.1, -0.05) is 97.1 Å². The van der Waals surface area contributed by atoms with Crippen LogP contribution in [0.1, 0.15) is 121 Å². The monoisotopic (exact) mass is 1000 g/mol. The number of carbonyl (C=O) groups excluding carboxylic acids is 6. The fourth-order valence-corrected chi connectivity index (χ4v) is 4.91. The third-order valence-corrected chi connectivity index (χ3v) is 7.87. The molecule has 2 rings (SSSR count). The minimum atomic E-state index is -1.06. The van der Waals surface area contributed by atoms with Gasteiger partial charge in [0.25, 0.3) is 0 Å². The molecule has 18 nitrogen and oxygen atoms in total. The number of alkyl halides is 1. The van der Waals surface area contributed by atoms with Gasteiger partial charge < -0.3 is 48.7 Å². The Morgan fingerprint density at radius 1 is 0.556 bits per heavy atom. The third-order valence-electron chi connectivity index (χ3n) is 6.81. The van der Waals surface area contributed by atoms with Gasteiger partial charge in [-0.15, -0.1) is 10.5 Å². The van der Waals surface area contributed by atoms with Gasteiger partial charge in [0.15, 0.2) is 0 Å². The highest BCUT2D eigenvalue weighted by Crippen LogP contribution is 2.15. The molecule has 0 radical (unpaired) electrons. The van der Waals surface area contributed by atoms with Gasteiger partial charge >= 0.3 is 36.7 Å². The van der Waals surface area contributed by atoms with Crippen LogP contribution in [0.4, 0.5) is 28.8 Å². The first kappa shape index (κ1) is 57.8. The van der Waals surface area contributed by atoms with Crippen molar-refractivity contribution in [3.63, 3.8) is 0 Å². The molecule has 2 aromatic rings. The summed E-state index contributed by atoms with van der Waals surface area (Å²) in [6.07, 6.45) is -3.40. The Morgan fingerprint density at radius 3 is 1.33 bits per heavy atom. The summed E-state index contributed by atoms with van der Waals surface area (Å²) in [5.74, 6) is 0. The Bertz CT molecular complexity index is 1640. The normalized spacial score (nSPS) is 12.0. The molecule has 2 unspecified atom stereocenters. The van der Waals surface area contributed by atoms with E-state index in [0.717, 1.165) is 27.0 Å². The Hall–Kier alpha value is -5.21. The molecular formula is C44H69IN4O14. The highest BCUT2D eigenvalue weighted by molar-refractivity contribution is 14.1. The van der Waals surface area contributed by atoms with Crippen molar-refractivity contribution in [1.29, 1.82) is 0 Å². The number of carbonyl (C=O) groups is 6. The average Bonchev–Trinajstić information content (AvgIpc) is 3.15. The SMILES string of the molecule is CC(C)(C)OC(=O)NOC(=O)OC(C)(C)C.CCC(CI)NC(=O)OCc1ccccc1.CCC(CN(OC(=O)OC(C)(C)C)C(=O)OC(C)(C)C)NC(=O)OCc1ccccc1. The maximum atomic E-state index is 12.5. The smallest absolute Gasteiger partial charge is 0.445 e. The lowest BCUT2D eigenvalue weighted by atomic mass is 10.2. The lowest BCUT2D eigenvalue weighted by molar-refractivity contribution is -0.138. The molecule has 0 aliphatic rings. The van der Waals surface area contributed by atoms with Crippen LogP contribution in [-0.4, -0.2) is 87.2 Å². The van der Waals surface area contributed by atoms with Crippen LogP contribution in [0.5, 0.6) is 0 Å². The van der Waals surface area contributed by atoms with Gasteiger partial charge in [0.1, 0.15) is 35.6 Å². The van der Waals surface area contributed by atoms with Crippen molar-refractivity contribution >= 4 is 59.3 Å². The highest BCUT2D eigenvalue weighted by atomic mass is 127. The number of hydrogen-bond acceptors (Lipinski definition) is 14. The first-order valence-electron chi connectivity index (χ1n) is 20.3. The second-order valence-corrected chi connectivity index (χ2v) is 18.4. The number of rotatable bonds is 11. The van der Waals surface area contributed by atoms with E-state index in [1.165, 1.54) is 0 Å². The summed E-state index contributed by atoms with van der Waals surface area (Å²) in [6.45, 7) is 24.3. The molecule has 0 heterocycles. The van der Waals surface area contributed by atoms with E-state index in [2.05, 4.69) is 38.1 Å². The van der Waals surface area contributed by atoms with E-state index < -0.39 is 59.0 Å². The van der Waals surface area contributed by atoms with E-state index in [9.17, 15) is 28.8 Å². The third kappa shape index (κ3) is 33.1. The van der Waals surface area contributed by atoms with Crippen LogP contribution >= 0.6 is 22.6 Å². The van der Waals surface area contributed by atoms with Gasteiger partial charge in [0, 0.05) is 10.5 Å². The van der Waals surface area contributed by atoms with Crippen molar-refractivity contribution in [2.75, 3.05) is 11.0 Å². The molecule has 0 saturated heterocycles. The summed E-state index contributed by atoms with van der Waals surface area (Å²) in [6, 6.07) is 18.5. The number of benzene rings is 2. The van der Waals surface area contributed by atoms with E-state index in [1.54, 1.807) is 83.1 Å². The molecule has 0 aromatic heterocycles. The predicted molar refractivity (Wildman–Crippen MR) is 244 cm³/mol. The van der Waals surface area contributed by atoms with Crippen molar-refractivity contribution in [2.45, 2.75) is 157 Å². The minimum Gasteiger partial charge on any atom is -0.445 e. The standard InChI is InChI=1S/C22H34N2O7.C12H16INO2.C10H19NO5/c1-8-17(23-18(25)28-15-16-12-10-9-11-13-16)14-24(19(26)29-21(2,3)4)31-20(27)30-22(5,6)7;1-2-11(8-13)14-12(15)16-9-10-6-4-3-5-7-10;1-9(2,3)14-7(12)11-16-8(13)15-10(4,5)6/h9-13,17H,8,14-15H2,1-7H3,(H,23,25);3-7,11H,2,8-9H2,1H3,(H,14,15);1-6H3,(H,11,12). The molecule has 0 spiro atoms. The molecule has 356 valence electrons. The number of alkyl carbamates (subject to hydrolysis) is 2. The predicted octanol–water partition coefficient (Wildman–Crippen LogP) is 10.3. The summed E-state index contributed by atoms with van der Waals surface area (Å²) in [4.78, 5) is 79.7. The summed E-state index contributed by atoms with van der Waals surface area (Å²) >= 11 is 2.25. The van der Waals surface area contributed by atoms with Gasteiger partial charge in [-0.05, 0) is 107 Å². The van der Waals surface area contributed by atoms with Crippen molar-refractivity contribution in [1.82, 2.24) is 21.2 Å². The first-order chi connectivity index (χ1) is 29.0. The summed E-state index contributed by atoms with van der Waals surface area (Å²) in [5, 5.41) is 6.22. The number of nitrogens with one attached hydrogen (secondary N) is 3. The maximum absolute atomic E-state index is 12.5. The quantitative estimate of drug-likeness (QED) is 0.0628. The molecule has 4 amide bonds. The van der Waals surface area contributed by atoms with Crippen LogP contribution in [0.25, 0.3) is 0 Å². The number of hydrogen-bond donors (Lipinski definition) is 3. The van der Waals surface area contributed by atoms with Crippen LogP contribution in [0, 0.1) is 0 Å². The zero-order chi connectivity index (χ0) is 48.4. The largest absolute Gasteiger partial charge is 0.534 e. The maximum Gasteiger partial charge on any atom is 0.534 e. The van der Waals surface area contributed by atoms with Crippen LogP contribution in [-0.2, 0) is 51.3 Å². The molecular weight excluding hydrogens is 935 g/mol. The molecule has 0 aliphatic heterocycles. The molecule has 2 aromatic carbocycles. The summed E-state index contributed by atoms with van der Waals surface area (Å²) in [5.41, 5.74) is 0.728. The van der Waals surface area contributed by atoms with Gasteiger partial charge in [0.2, 0.25) is 0 Å². The Balaban J connectivity index is 0.00000101. The van der Waals surface area contributed by atoms with E-state index in [-0.39, 0.29) is 25.3 Å². The Labute approximate surface area is 386 Å². The molecule has 63 heavy (non-hydrogen) atoms. The fourth-order valence-electron chi connectivity index (χ4n) is 4.06. The average molecular weight is 1000 g/mol. The molecule has 19 heteroatoms. The van der Waals surface area contributed by atoms with E-state index in [1.807, 2.05) is 80.0 Å². The van der Waals surface area contributed by atoms with Crippen molar-refractivity contribution in [2.24, 2.45) is 0 Å². The minimum absolute atomic E-state index is 0.104. The lowest BCUT2D eigenvalue weighted by Crippen LogP contribution is -2.48. The van der Waals surface area contributed by atoms with E-state index in [4.69, 9.17) is 33.3 Å². The molecule has 0 saturated carbocycles. The van der Waals surface area contributed by atoms with Crippen molar-refractivity contribution in [3.05, 3.63) is 71.8 Å². The van der Waals surface area contributed by atoms with Gasteiger partial charge in [0.05, 0.1) is 12.6 Å². The van der Waals surface area contributed by atoms with Gasteiger partial charge in [-0.2, -0.15) is 0 Å². The lowest BCUT2D eigenvalue weighted by Gasteiger charge is -2.29. The number of amides is 4.